The fourth-order valence-corrected chi connectivity index (χ4v) is 4.12. The van der Waals surface area contributed by atoms with E-state index in [2.05, 4.69) is 10.3 Å². The highest BCUT2D eigenvalue weighted by atomic mass is 32.2. The summed E-state index contributed by atoms with van der Waals surface area (Å²) >= 11 is 1.20. The Labute approximate surface area is 178 Å². The molecule has 166 valence electrons. The molecule has 0 spiro atoms. The van der Waals surface area contributed by atoms with E-state index in [0.29, 0.717) is 10.8 Å². The number of aromatic nitrogens is 4. The van der Waals surface area contributed by atoms with Gasteiger partial charge in [-0.2, -0.15) is 13.2 Å². The Morgan fingerprint density at radius 1 is 1.13 bits per heavy atom. The van der Waals surface area contributed by atoms with Crippen LogP contribution in [0.3, 0.4) is 0 Å². The fraction of sp³-hybridized carbons (Fsp3) is 0.368. The van der Waals surface area contributed by atoms with E-state index in [0.717, 1.165) is 10.6 Å². The molecule has 31 heavy (non-hydrogen) atoms. The number of carbonyl (C=O) groups excluding carboxylic acids is 1. The number of anilines is 1. The average Bonchev–Trinajstić information content (AvgIpc) is 3.02. The summed E-state index contributed by atoms with van der Waals surface area (Å²) in [6.07, 6.45) is -4.49. The van der Waals surface area contributed by atoms with E-state index in [1.165, 1.54) is 49.5 Å². The summed E-state index contributed by atoms with van der Waals surface area (Å²) in [6.45, 7) is 1.30. The normalized spacial score (nSPS) is 11.8. The molecule has 2 aromatic heterocycles. The third kappa shape index (κ3) is 4.24. The van der Waals surface area contributed by atoms with Crippen LogP contribution in [-0.4, -0.2) is 30.3 Å². The van der Waals surface area contributed by atoms with Crippen LogP contribution < -0.4 is 16.6 Å². The number of nitrogens with zero attached hydrogens (tertiary/aromatic N) is 4. The van der Waals surface area contributed by atoms with E-state index in [4.69, 9.17) is 0 Å². The average molecular weight is 455 g/mol. The lowest BCUT2D eigenvalue weighted by Gasteiger charge is -2.14. The number of thioether (sulfide) groups is 1. The van der Waals surface area contributed by atoms with E-state index in [9.17, 15) is 27.6 Å². The molecule has 0 radical (unpaired) electrons. The van der Waals surface area contributed by atoms with Crippen LogP contribution >= 0.6 is 11.8 Å². The Kier molecular flexibility index (Phi) is 6.03. The molecule has 3 aromatic rings. The molecule has 1 N–H and O–H groups in total. The summed E-state index contributed by atoms with van der Waals surface area (Å²) in [5.41, 5.74) is -1.25. The maximum Gasteiger partial charge on any atom is 0.416 e. The highest BCUT2D eigenvalue weighted by Crippen LogP contribution is 2.34. The van der Waals surface area contributed by atoms with E-state index >= 15 is 0 Å². The Morgan fingerprint density at radius 2 is 1.81 bits per heavy atom. The van der Waals surface area contributed by atoms with Crippen molar-refractivity contribution in [2.24, 2.45) is 21.1 Å². The zero-order chi connectivity index (χ0) is 23.1. The smallest absolute Gasteiger partial charge is 0.326 e. The second-order valence-corrected chi connectivity index (χ2v) is 8.02. The van der Waals surface area contributed by atoms with Crippen molar-refractivity contribution < 1.29 is 18.0 Å². The highest BCUT2D eigenvalue weighted by molar-refractivity contribution is 7.99. The predicted octanol–water partition coefficient (Wildman–Crippen LogP) is 2.42. The number of imidazole rings is 1. The maximum atomic E-state index is 13.0. The van der Waals surface area contributed by atoms with Crippen LogP contribution in [0.5, 0.6) is 0 Å². The molecule has 8 nitrogen and oxygen atoms in total. The van der Waals surface area contributed by atoms with Crippen LogP contribution in [0, 0.1) is 6.92 Å². The van der Waals surface area contributed by atoms with Crippen molar-refractivity contribution in [1.82, 2.24) is 18.7 Å². The SMILES string of the molecule is Cc1c(NC(=O)CCSc2nc3c(=O)n(C)c(=O)n(C)c3n2C)cccc1C(F)(F)F. The summed E-state index contributed by atoms with van der Waals surface area (Å²) in [6, 6.07) is 3.62. The van der Waals surface area contributed by atoms with E-state index in [-0.39, 0.29) is 28.9 Å². The van der Waals surface area contributed by atoms with Gasteiger partial charge in [0.1, 0.15) is 0 Å². The van der Waals surface area contributed by atoms with Gasteiger partial charge in [-0.25, -0.2) is 9.78 Å². The quantitative estimate of drug-likeness (QED) is 0.597. The van der Waals surface area contributed by atoms with Gasteiger partial charge in [-0.1, -0.05) is 17.8 Å². The van der Waals surface area contributed by atoms with Gasteiger partial charge < -0.3 is 9.88 Å². The van der Waals surface area contributed by atoms with Crippen LogP contribution in [-0.2, 0) is 32.1 Å². The van der Waals surface area contributed by atoms with Crippen LogP contribution in [0.25, 0.3) is 11.2 Å². The summed E-state index contributed by atoms with van der Waals surface area (Å²) < 4.78 is 42.9. The van der Waals surface area contributed by atoms with Crippen molar-refractivity contribution >= 4 is 34.5 Å². The number of amides is 1. The monoisotopic (exact) mass is 455 g/mol. The zero-order valence-corrected chi connectivity index (χ0v) is 18.0. The minimum absolute atomic E-state index is 0.0144. The Hall–Kier alpha value is -3.02. The Bertz CT molecular complexity index is 1290. The van der Waals surface area contributed by atoms with Crippen molar-refractivity contribution in [3.8, 4) is 0 Å². The van der Waals surface area contributed by atoms with Crippen molar-refractivity contribution in [1.29, 1.82) is 0 Å². The van der Waals surface area contributed by atoms with Gasteiger partial charge in [-0.15, -0.1) is 0 Å². The molecule has 0 saturated heterocycles. The molecule has 0 bridgehead atoms. The number of hydrogen-bond donors (Lipinski definition) is 1. The molecule has 12 heteroatoms. The molecule has 1 amide bonds. The Morgan fingerprint density at radius 3 is 2.45 bits per heavy atom. The number of fused-ring (bicyclic) bond motifs is 1. The first-order valence-corrected chi connectivity index (χ1v) is 10.1. The number of carbonyl (C=O) groups is 1. The molecule has 1 aromatic carbocycles. The molecule has 0 saturated carbocycles. The number of rotatable bonds is 5. The lowest BCUT2D eigenvalue weighted by molar-refractivity contribution is -0.138. The third-order valence-corrected chi connectivity index (χ3v) is 5.93. The van der Waals surface area contributed by atoms with Gasteiger partial charge in [-0.3, -0.25) is 18.7 Å². The third-order valence-electron chi connectivity index (χ3n) is 4.90. The molecule has 3 rings (SSSR count). The van der Waals surface area contributed by atoms with Crippen LogP contribution in [0.1, 0.15) is 17.5 Å². The summed E-state index contributed by atoms with van der Waals surface area (Å²) in [5, 5.41) is 2.95. The lowest BCUT2D eigenvalue weighted by Crippen LogP contribution is -2.37. The first-order valence-electron chi connectivity index (χ1n) is 9.15. The molecule has 0 atom stereocenters. The van der Waals surface area contributed by atoms with Gasteiger partial charge >= 0.3 is 11.9 Å². The maximum absolute atomic E-state index is 13.0. The second kappa shape index (κ2) is 8.25. The first-order chi connectivity index (χ1) is 14.4. The number of hydrogen-bond acceptors (Lipinski definition) is 5. The molecule has 2 heterocycles. The number of alkyl halides is 3. The van der Waals surface area contributed by atoms with Crippen molar-refractivity contribution in [3.05, 3.63) is 50.2 Å². The minimum atomic E-state index is -4.50. The number of aryl methyl sites for hydroxylation is 2. The summed E-state index contributed by atoms with van der Waals surface area (Å²) in [5.74, 6) is -0.174. The molecule has 0 unspecified atom stereocenters. The van der Waals surface area contributed by atoms with Crippen LogP contribution in [0.15, 0.2) is 32.9 Å². The zero-order valence-electron chi connectivity index (χ0n) is 17.2. The fourth-order valence-electron chi connectivity index (χ4n) is 3.21. The van der Waals surface area contributed by atoms with Crippen molar-refractivity contribution in [3.63, 3.8) is 0 Å². The standard InChI is InChI=1S/C19H20F3N5O3S/c1-10-11(19(20,21)22)6-5-7-12(10)23-13(28)8-9-31-17-24-14-15(25(17)2)26(3)18(30)27(4)16(14)29/h5-7H,8-9H2,1-4H3,(H,23,28). The van der Waals surface area contributed by atoms with E-state index in [1.54, 1.807) is 11.6 Å². The second-order valence-electron chi connectivity index (χ2n) is 6.95. The molecular formula is C19H20F3N5O3S. The topological polar surface area (TPSA) is 90.9 Å². The summed E-state index contributed by atoms with van der Waals surface area (Å²) in [4.78, 5) is 40.9. The van der Waals surface area contributed by atoms with Gasteiger partial charge in [0.2, 0.25) is 5.91 Å². The van der Waals surface area contributed by atoms with Crippen LogP contribution in [0.4, 0.5) is 18.9 Å². The van der Waals surface area contributed by atoms with Crippen LogP contribution in [0.2, 0.25) is 0 Å². The molecule has 0 aliphatic carbocycles. The van der Waals surface area contributed by atoms with Crippen molar-refractivity contribution in [2.45, 2.75) is 24.7 Å². The van der Waals surface area contributed by atoms with Gasteiger partial charge in [-0.05, 0) is 24.6 Å². The highest BCUT2D eigenvalue weighted by Gasteiger charge is 2.33. The summed E-state index contributed by atoms with van der Waals surface area (Å²) in [7, 11) is 4.55. The Balaban J connectivity index is 1.72. The predicted molar refractivity (Wildman–Crippen MR) is 111 cm³/mol. The molecular weight excluding hydrogens is 435 g/mol. The molecule has 0 aliphatic rings. The van der Waals surface area contributed by atoms with Gasteiger partial charge in [0.15, 0.2) is 16.3 Å². The molecule has 0 aliphatic heterocycles. The van der Waals surface area contributed by atoms with Gasteiger partial charge in [0.05, 0.1) is 5.56 Å². The van der Waals surface area contributed by atoms with Gasteiger partial charge in [0, 0.05) is 39.0 Å². The van der Waals surface area contributed by atoms with Gasteiger partial charge in [0.25, 0.3) is 5.56 Å². The number of benzene rings is 1. The van der Waals surface area contributed by atoms with E-state index < -0.39 is 28.9 Å². The first kappa shape index (κ1) is 22.7. The number of halogens is 3. The van der Waals surface area contributed by atoms with E-state index in [1.807, 2.05) is 0 Å². The minimum Gasteiger partial charge on any atom is -0.326 e. The number of nitrogens with one attached hydrogen (secondary N) is 1. The lowest BCUT2D eigenvalue weighted by atomic mass is 10.1. The van der Waals surface area contributed by atoms with Crippen molar-refractivity contribution in [2.75, 3.05) is 11.1 Å². The largest absolute Gasteiger partial charge is 0.416 e. The molecule has 0 fully saturated rings.